The van der Waals surface area contributed by atoms with Gasteiger partial charge >= 0.3 is 0 Å². The summed E-state index contributed by atoms with van der Waals surface area (Å²) in [7, 11) is 1.65. The number of nitrogens with zero attached hydrogens (tertiary/aromatic N) is 2. The molecular formula is C23H27N2O3. The molecule has 0 fully saturated rings. The van der Waals surface area contributed by atoms with Gasteiger partial charge in [-0.3, -0.25) is 9.78 Å². The van der Waals surface area contributed by atoms with Gasteiger partial charge in [0, 0.05) is 36.4 Å². The van der Waals surface area contributed by atoms with E-state index in [1.165, 1.54) is 0 Å². The minimum Gasteiger partial charge on any atom is -0.496 e. The van der Waals surface area contributed by atoms with Gasteiger partial charge in [0.05, 0.1) is 24.4 Å². The number of Topliss-reactive ketones (excluding diaryl/α,β-unsaturated/α-hetero) is 1. The molecule has 5 heteroatoms. The fourth-order valence-electron chi connectivity index (χ4n) is 3.17. The van der Waals surface area contributed by atoms with E-state index in [-0.39, 0.29) is 0 Å². The molecule has 0 aliphatic carbocycles. The monoisotopic (exact) mass is 379 g/mol. The SMILES string of the molecule is CCC(=O)CCCCC[CH]c1ncc(-c2cc3ccc(C)nc3cc2OC)o1. The lowest BCUT2D eigenvalue weighted by molar-refractivity contribution is -0.118. The first-order chi connectivity index (χ1) is 13.6. The lowest BCUT2D eigenvalue weighted by atomic mass is 10.1. The highest BCUT2D eigenvalue weighted by Gasteiger charge is 2.14. The van der Waals surface area contributed by atoms with Crippen LogP contribution >= 0.6 is 0 Å². The lowest BCUT2D eigenvalue weighted by Crippen LogP contribution is -1.94. The van der Waals surface area contributed by atoms with Gasteiger partial charge in [-0.1, -0.05) is 25.8 Å². The van der Waals surface area contributed by atoms with Gasteiger partial charge in [0.25, 0.3) is 0 Å². The van der Waals surface area contributed by atoms with Crippen LogP contribution in [0.25, 0.3) is 22.2 Å². The molecule has 0 amide bonds. The number of carbonyl (C=O) groups excluding carboxylic acids is 1. The average Bonchev–Trinajstić information content (AvgIpc) is 3.17. The van der Waals surface area contributed by atoms with Crippen molar-refractivity contribution in [3.8, 4) is 17.1 Å². The topological polar surface area (TPSA) is 65.2 Å². The van der Waals surface area contributed by atoms with Crippen LogP contribution in [0.5, 0.6) is 5.75 Å². The largest absolute Gasteiger partial charge is 0.496 e. The molecule has 2 aromatic heterocycles. The molecule has 147 valence electrons. The van der Waals surface area contributed by atoms with E-state index in [2.05, 4.69) is 9.97 Å². The molecule has 0 aliphatic heterocycles. The summed E-state index contributed by atoms with van der Waals surface area (Å²) in [4.78, 5) is 20.2. The summed E-state index contributed by atoms with van der Waals surface area (Å²) >= 11 is 0. The normalized spacial score (nSPS) is 11.1. The van der Waals surface area contributed by atoms with Gasteiger partial charge in [-0.15, -0.1) is 0 Å². The van der Waals surface area contributed by atoms with Crippen molar-refractivity contribution in [1.82, 2.24) is 9.97 Å². The number of aryl methyl sites for hydroxylation is 1. The molecule has 5 nitrogen and oxygen atoms in total. The van der Waals surface area contributed by atoms with Crippen LogP contribution in [0.4, 0.5) is 0 Å². The van der Waals surface area contributed by atoms with Crippen LogP contribution in [0.3, 0.4) is 0 Å². The first-order valence-electron chi connectivity index (χ1n) is 9.87. The van der Waals surface area contributed by atoms with E-state index < -0.39 is 0 Å². The molecule has 3 rings (SSSR count). The zero-order valence-corrected chi connectivity index (χ0v) is 16.8. The predicted octanol–water partition coefficient (Wildman–Crippen LogP) is 5.69. The second-order valence-electron chi connectivity index (χ2n) is 6.96. The molecule has 0 bridgehead atoms. The van der Waals surface area contributed by atoms with Crippen molar-refractivity contribution in [3.63, 3.8) is 0 Å². The Balaban J connectivity index is 1.63. The Kier molecular flexibility index (Phi) is 6.80. The summed E-state index contributed by atoms with van der Waals surface area (Å²) in [5.74, 6) is 2.35. The lowest BCUT2D eigenvalue weighted by Gasteiger charge is -2.08. The van der Waals surface area contributed by atoms with Crippen LogP contribution < -0.4 is 4.74 Å². The number of hydrogen-bond donors (Lipinski definition) is 0. The molecule has 0 spiro atoms. The number of fused-ring (bicyclic) bond motifs is 1. The van der Waals surface area contributed by atoms with Gasteiger partial charge in [-0.05, 0) is 31.9 Å². The van der Waals surface area contributed by atoms with E-state index in [0.29, 0.717) is 36.0 Å². The van der Waals surface area contributed by atoms with Crippen molar-refractivity contribution < 1.29 is 13.9 Å². The fraction of sp³-hybridized carbons (Fsp3) is 0.391. The zero-order chi connectivity index (χ0) is 19.9. The standard InChI is InChI=1S/C23H27N2O3/c1-4-18(26)9-7-5-6-8-10-23-24-15-22(28-23)19-13-17-12-11-16(2)25-20(17)14-21(19)27-3/h10-15H,4-9H2,1-3H3. The van der Waals surface area contributed by atoms with Crippen LogP contribution in [-0.2, 0) is 4.79 Å². The maximum absolute atomic E-state index is 11.3. The molecule has 2 heterocycles. The number of benzene rings is 1. The third kappa shape index (κ3) is 4.97. The third-order valence-electron chi connectivity index (χ3n) is 4.81. The highest BCUT2D eigenvalue weighted by Crippen LogP contribution is 2.34. The average molecular weight is 379 g/mol. The van der Waals surface area contributed by atoms with E-state index in [9.17, 15) is 4.79 Å². The molecular weight excluding hydrogens is 352 g/mol. The summed E-state index contributed by atoms with van der Waals surface area (Å²) in [6.45, 7) is 3.89. The Hall–Kier alpha value is -2.69. The number of rotatable bonds is 10. The minimum atomic E-state index is 0.344. The van der Waals surface area contributed by atoms with Gasteiger partial charge < -0.3 is 9.15 Å². The molecule has 0 saturated heterocycles. The van der Waals surface area contributed by atoms with Gasteiger partial charge in [-0.2, -0.15) is 0 Å². The molecule has 3 aromatic rings. The Morgan fingerprint density at radius 1 is 1.21 bits per heavy atom. The number of ketones is 1. The van der Waals surface area contributed by atoms with Crippen LogP contribution in [0.1, 0.15) is 57.0 Å². The van der Waals surface area contributed by atoms with Gasteiger partial charge in [-0.25, -0.2) is 4.98 Å². The summed E-state index contributed by atoms with van der Waals surface area (Å²) in [5.41, 5.74) is 2.73. The first-order valence-corrected chi connectivity index (χ1v) is 9.87. The molecule has 0 saturated carbocycles. The summed E-state index contributed by atoms with van der Waals surface area (Å²) in [6, 6.07) is 8.00. The molecule has 1 aromatic carbocycles. The number of hydrogen-bond acceptors (Lipinski definition) is 5. The van der Waals surface area contributed by atoms with Crippen LogP contribution in [0.2, 0.25) is 0 Å². The highest BCUT2D eigenvalue weighted by molar-refractivity contribution is 5.87. The van der Waals surface area contributed by atoms with Crippen molar-refractivity contribution in [1.29, 1.82) is 0 Å². The molecule has 0 unspecified atom stereocenters. The van der Waals surface area contributed by atoms with Crippen molar-refractivity contribution in [2.24, 2.45) is 0 Å². The van der Waals surface area contributed by atoms with Gasteiger partial charge in [0.1, 0.15) is 11.5 Å². The number of ether oxygens (including phenoxy) is 1. The summed E-state index contributed by atoms with van der Waals surface area (Å²) < 4.78 is 11.5. The van der Waals surface area contributed by atoms with Gasteiger partial charge in [0.2, 0.25) is 0 Å². The van der Waals surface area contributed by atoms with E-state index >= 15 is 0 Å². The Morgan fingerprint density at radius 3 is 2.86 bits per heavy atom. The Labute approximate surface area is 166 Å². The maximum atomic E-state index is 11.3. The summed E-state index contributed by atoms with van der Waals surface area (Å²) in [6.07, 6.45) is 8.98. The van der Waals surface area contributed by atoms with Crippen LogP contribution in [-0.4, -0.2) is 22.9 Å². The van der Waals surface area contributed by atoms with E-state index in [1.54, 1.807) is 13.3 Å². The third-order valence-corrected chi connectivity index (χ3v) is 4.81. The van der Waals surface area contributed by atoms with E-state index in [1.807, 2.05) is 44.5 Å². The van der Waals surface area contributed by atoms with E-state index in [4.69, 9.17) is 9.15 Å². The first kappa shape index (κ1) is 20.1. The minimum absolute atomic E-state index is 0.344. The molecule has 1 radical (unpaired) electrons. The maximum Gasteiger partial charge on any atom is 0.198 e. The number of unbranched alkanes of at least 4 members (excludes halogenated alkanes) is 3. The van der Waals surface area contributed by atoms with Crippen molar-refractivity contribution in [2.75, 3.05) is 7.11 Å². The van der Waals surface area contributed by atoms with E-state index in [0.717, 1.165) is 47.8 Å². The Morgan fingerprint density at radius 2 is 2.07 bits per heavy atom. The molecule has 0 N–H and O–H groups in total. The number of pyridine rings is 1. The number of carbonyl (C=O) groups is 1. The molecule has 0 aliphatic rings. The van der Waals surface area contributed by atoms with Crippen molar-refractivity contribution in [3.05, 3.63) is 48.5 Å². The van der Waals surface area contributed by atoms with Crippen LogP contribution in [0.15, 0.2) is 34.9 Å². The number of aromatic nitrogens is 2. The van der Waals surface area contributed by atoms with Crippen molar-refractivity contribution in [2.45, 2.75) is 52.4 Å². The van der Waals surface area contributed by atoms with Crippen LogP contribution in [0, 0.1) is 13.3 Å². The quantitative estimate of drug-likeness (QED) is 0.423. The Bertz CT molecular complexity index is 946. The zero-order valence-electron chi connectivity index (χ0n) is 16.8. The molecule has 0 atom stereocenters. The fourth-order valence-corrected chi connectivity index (χ4v) is 3.17. The van der Waals surface area contributed by atoms with Gasteiger partial charge in [0.15, 0.2) is 11.7 Å². The van der Waals surface area contributed by atoms with Crippen molar-refractivity contribution >= 4 is 16.7 Å². The number of oxazole rings is 1. The summed E-state index contributed by atoms with van der Waals surface area (Å²) in [5, 5.41) is 1.03. The molecule has 28 heavy (non-hydrogen) atoms. The second-order valence-corrected chi connectivity index (χ2v) is 6.96. The number of methoxy groups -OCH3 is 1. The smallest absolute Gasteiger partial charge is 0.198 e. The highest BCUT2D eigenvalue weighted by atomic mass is 16.5. The predicted molar refractivity (Wildman–Crippen MR) is 110 cm³/mol. The second kappa shape index (κ2) is 9.49.